The number of carbonyl (C=O) groups excluding carboxylic acids is 1. The SMILES string of the molecule is CCOC(=O)CSc1nc(SC)nc2sc3c(c12)C[C@](C)(CC)OC3. The quantitative estimate of drug-likeness (QED) is 0.311. The lowest BCUT2D eigenvalue weighted by Crippen LogP contribution is -2.33. The van der Waals surface area contributed by atoms with Gasteiger partial charge in [0.1, 0.15) is 9.86 Å². The molecular weight excluding hydrogens is 376 g/mol. The Kier molecular flexibility index (Phi) is 5.92. The number of nitrogens with zero attached hydrogens (tertiary/aromatic N) is 2. The minimum absolute atomic E-state index is 0.151. The highest BCUT2D eigenvalue weighted by molar-refractivity contribution is 8.00. The monoisotopic (exact) mass is 398 g/mol. The first-order valence-electron chi connectivity index (χ1n) is 8.28. The Balaban J connectivity index is 2.02. The average Bonchev–Trinajstić information content (AvgIpc) is 2.97. The Morgan fingerprint density at radius 3 is 2.88 bits per heavy atom. The topological polar surface area (TPSA) is 61.3 Å². The van der Waals surface area contributed by atoms with Crippen LogP contribution >= 0.6 is 34.9 Å². The molecule has 0 aliphatic carbocycles. The summed E-state index contributed by atoms with van der Waals surface area (Å²) in [5.41, 5.74) is 1.14. The van der Waals surface area contributed by atoms with Gasteiger partial charge in [-0.15, -0.1) is 11.3 Å². The molecule has 0 unspecified atom stereocenters. The fraction of sp³-hybridized carbons (Fsp3) is 0.588. The predicted molar refractivity (Wildman–Crippen MR) is 104 cm³/mol. The largest absolute Gasteiger partial charge is 0.465 e. The molecule has 1 aliphatic heterocycles. The van der Waals surface area contributed by atoms with Gasteiger partial charge in [0.05, 0.1) is 24.6 Å². The molecule has 1 aliphatic rings. The molecule has 0 saturated carbocycles. The van der Waals surface area contributed by atoms with E-state index in [1.54, 1.807) is 11.3 Å². The van der Waals surface area contributed by atoms with Crippen molar-refractivity contribution in [2.45, 2.75) is 56.0 Å². The fourth-order valence-electron chi connectivity index (χ4n) is 2.77. The third-order valence-electron chi connectivity index (χ3n) is 4.35. The van der Waals surface area contributed by atoms with Crippen molar-refractivity contribution in [1.82, 2.24) is 9.97 Å². The molecule has 0 radical (unpaired) electrons. The summed E-state index contributed by atoms with van der Waals surface area (Å²) >= 11 is 4.64. The number of aromatic nitrogens is 2. The van der Waals surface area contributed by atoms with Crippen molar-refractivity contribution in [1.29, 1.82) is 0 Å². The summed E-state index contributed by atoms with van der Waals surface area (Å²) in [6.07, 6.45) is 3.78. The van der Waals surface area contributed by atoms with Gasteiger partial charge in [-0.25, -0.2) is 9.97 Å². The molecule has 0 fully saturated rings. The minimum atomic E-state index is -0.212. The van der Waals surface area contributed by atoms with E-state index in [4.69, 9.17) is 9.47 Å². The first kappa shape index (κ1) is 18.9. The molecule has 0 spiro atoms. The Morgan fingerprint density at radius 2 is 2.20 bits per heavy atom. The molecule has 0 amide bonds. The van der Waals surface area contributed by atoms with E-state index in [1.165, 1.54) is 34.0 Å². The molecule has 2 aromatic heterocycles. The number of hydrogen-bond donors (Lipinski definition) is 0. The number of carbonyl (C=O) groups is 1. The van der Waals surface area contributed by atoms with Gasteiger partial charge in [0.15, 0.2) is 5.16 Å². The van der Waals surface area contributed by atoms with E-state index in [2.05, 4.69) is 23.8 Å². The highest BCUT2D eigenvalue weighted by Gasteiger charge is 2.33. The zero-order chi connectivity index (χ0) is 18.0. The molecule has 25 heavy (non-hydrogen) atoms. The molecule has 0 aromatic carbocycles. The molecule has 1 atom stereocenters. The zero-order valence-corrected chi connectivity index (χ0v) is 17.3. The molecule has 0 saturated heterocycles. The lowest BCUT2D eigenvalue weighted by molar-refractivity contribution is -0.139. The minimum Gasteiger partial charge on any atom is -0.465 e. The van der Waals surface area contributed by atoms with Gasteiger partial charge in [-0.3, -0.25) is 4.79 Å². The summed E-state index contributed by atoms with van der Waals surface area (Å²) in [4.78, 5) is 23.3. The summed E-state index contributed by atoms with van der Waals surface area (Å²) in [6.45, 7) is 7.14. The van der Waals surface area contributed by atoms with E-state index in [9.17, 15) is 4.79 Å². The Morgan fingerprint density at radius 1 is 1.40 bits per heavy atom. The van der Waals surface area contributed by atoms with Crippen LogP contribution in [0.5, 0.6) is 0 Å². The van der Waals surface area contributed by atoms with Crippen LogP contribution in [-0.4, -0.2) is 40.2 Å². The molecule has 3 heterocycles. The summed E-state index contributed by atoms with van der Waals surface area (Å²) in [5, 5.41) is 2.70. The number of rotatable bonds is 6. The van der Waals surface area contributed by atoms with Gasteiger partial charge in [-0.2, -0.15) is 0 Å². The van der Waals surface area contributed by atoms with Crippen LogP contribution in [0.4, 0.5) is 0 Å². The predicted octanol–water partition coefficient (Wildman–Crippen LogP) is 4.31. The maximum atomic E-state index is 11.8. The standard InChI is InChI=1S/C17H22N2O3S3/c1-5-17(3)7-10-11(8-22-17)25-15-13(10)14(18-16(19-15)23-4)24-9-12(20)21-6-2/h5-9H2,1-4H3/t17-/m0/s1. The summed E-state index contributed by atoms with van der Waals surface area (Å²) in [6, 6.07) is 0. The molecule has 3 rings (SSSR count). The molecule has 8 heteroatoms. The molecule has 0 N–H and O–H groups in total. The number of fused-ring (bicyclic) bond motifs is 3. The number of thiophene rings is 1. The first-order chi connectivity index (χ1) is 12.0. The maximum absolute atomic E-state index is 11.8. The fourth-order valence-corrected chi connectivity index (χ4v) is 5.27. The van der Waals surface area contributed by atoms with Gasteiger partial charge >= 0.3 is 5.97 Å². The van der Waals surface area contributed by atoms with Crippen molar-refractivity contribution in [2.75, 3.05) is 18.6 Å². The number of hydrogen-bond acceptors (Lipinski definition) is 8. The Bertz CT molecular complexity index is 793. The average molecular weight is 399 g/mol. The zero-order valence-electron chi connectivity index (χ0n) is 14.9. The van der Waals surface area contributed by atoms with Crippen molar-refractivity contribution in [3.63, 3.8) is 0 Å². The summed E-state index contributed by atoms with van der Waals surface area (Å²) in [5.74, 6) is 0.0516. The third-order valence-corrected chi connectivity index (χ3v) is 6.94. The van der Waals surface area contributed by atoms with E-state index >= 15 is 0 Å². The Hall–Kier alpha value is -0.830. The van der Waals surface area contributed by atoms with E-state index in [0.717, 1.165) is 33.2 Å². The van der Waals surface area contributed by atoms with Gasteiger partial charge in [0, 0.05) is 16.7 Å². The van der Waals surface area contributed by atoms with E-state index in [-0.39, 0.29) is 17.3 Å². The van der Waals surface area contributed by atoms with Crippen molar-refractivity contribution in [3.8, 4) is 0 Å². The molecule has 136 valence electrons. The number of esters is 1. The van der Waals surface area contributed by atoms with Crippen molar-refractivity contribution in [3.05, 3.63) is 10.4 Å². The molecule has 5 nitrogen and oxygen atoms in total. The maximum Gasteiger partial charge on any atom is 0.316 e. The van der Waals surface area contributed by atoms with Crippen LogP contribution in [0, 0.1) is 0 Å². The molecular formula is C17H22N2O3S3. The van der Waals surface area contributed by atoms with Crippen molar-refractivity contribution in [2.24, 2.45) is 0 Å². The van der Waals surface area contributed by atoms with Crippen LogP contribution in [0.1, 0.15) is 37.6 Å². The normalized spacial score (nSPS) is 19.8. The van der Waals surface area contributed by atoms with Crippen LogP contribution in [0.3, 0.4) is 0 Å². The van der Waals surface area contributed by atoms with Crippen LogP contribution in [0.25, 0.3) is 10.2 Å². The highest BCUT2D eigenvalue weighted by Crippen LogP contribution is 2.43. The first-order valence-corrected chi connectivity index (χ1v) is 11.3. The van der Waals surface area contributed by atoms with E-state index in [1.807, 2.05) is 13.2 Å². The van der Waals surface area contributed by atoms with Crippen molar-refractivity contribution < 1.29 is 14.3 Å². The Labute approximate surface area is 160 Å². The van der Waals surface area contributed by atoms with Crippen LogP contribution in [0.2, 0.25) is 0 Å². The second-order valence-corrected chi connectivity index (χ2v) is 8.88. The van der Waals surface area contributed by atoms with Gasteiger partial charge in [0.25, 0.3) is 0 Å². The van der Waals surface area contributed by atoms with E-state index in [0.29, 0.717) is 13.2 Å². The summed E-state index contributed by atoms with van der Waals surface area (Å²) in [7, 11) is 0. The van der Waals surface area contributed by atoms with Crippen LogP contribution in [-0.2, 0) is 27.3 Å². The van der Waals surface area contributed by atoms with Crippen LogP contribution < -0.4 is 0 Å². The second kappa shape index (κ2) is 7.82. The lowest BCUT2D eigenvalue weighted by atomic mass is 9.90. The number of ether oxygens (including phenoxy) is 2. The molecule has 0 bridgehead atoms. The smallest absolute Gasteiger partial charge is 0.316 e. The van der Waals surface area contributed by atoms with E-state index < -0.39 is 0 Å². The van der Waals surface area contributed by atoms with Gasteiger partial charge in [-0.05, 0) is 32.1 Å². The van der Waals surface area contributed by atoms with Gasteiger partial charge < -0.3 is 9.47 Å². The van der Waals surface area contributed by atoms with Gasteiger partial charge in [0.2, 0.25) is 0 Å². The highest BCUT2D eigenvalue weighted by atomic mass is 32.2. The second-order valence-electron chi connectivity index (χ2n) is 6.06. The van der Waals surface area contributed by atoms with Crippen LogP contribution in [0.15, 0.2) is 10.2 Å². The summed E-state index contributed by atoms with van der Waals surface area (Å²) < 4.78 is 11.1. The molecule has 2 aromatic rings. The lowest BCUT2D eigenvalue weighted by Gasteiger charge is -2.33. The number of thioether (sulfide) groups is 2. The third kappa shape index (κ3) is 3.97. The van der Waals surface area contributed by atoms with Gasteiger partial charge in [-0.1, -0.05) is 30.4 Å². The van der Waals surface area contributed by atoms with Crippen molar-refractivity contribution >= 4 is 51.0 Å².